The molecule has 54 valence electrons. The van der Waals surface area contributed by atoms with Crippen LogP contribution in [0.4, 0.5) is 5.69 Å². The van der Waals surface area contributed by atoms with Crippen LogP contribution in [0.2, 0.25) is 0 Å². The Balaban J connectivity index is 3.00. The minimum absolute atomic E-state index is 0.592. The van der Waals surface area contributed by atoms with Crippen LogP contribution in [0.15, 0.2) is 29.2 Å². The summed E-state index contributed by atoms with van der Waals surface area (Å²) in [5, 5.41) is 5.10. The fourth-order valence-electron chi connectivity index (χ4n) is 0.602. The molecule has 1 rings (SSSR count). The van der Waals surface area contributed by atoms with Gasteiger partial charge < -0.3 is 5.73 Å². The molecule has 0 heterocycles. The molecule has 10 heavy (non-hydrogen) atoms. The Bertz CT molecular complexity index is 244. The lowest BCUT2D eigenvalue weighted by Gasteiger charge is -1.94. The summed E-state index contributed by atoms with van der Waals surface area (Å²) in [7, 11) is -1.39. The van der Waals surface area contributed by atoms with E-state index in [1.54, 1.807) is 24.3 Å². The van der Waals surface area contributed by atoms with E-state index in [0.717, 1.165) is 0 Å². The first kappa shape index (κ1) is 7.24. The highest BCUT2D eigenvalue weighted by atomic mass is 32.2. The summed E-state index contributed by atoms with van der Waals surface area (Å²) in [4.78, 5) is 0.592. The third-order valence-corrected chi connectivity index (χ3v) is 1.85. The minimum Gasteiger partial charge on any atom is -0.399 e. The molecule has 1 unspecified atom stereocenters. The van der Waals surface area contributed by atoms with Crippen LogP contribution in [0.3, 0.4) is 0 Å². The second kappa shape index (κ2) is 2.81. The molecule has 4 heteroatoms. The van der Waals surface area contributed by atoms with Crippen LogP contribution in [0.1, 0.15) is 0 Å². The molecule has 0 aliphatic rings. The molecular formula is C6H8N2OS. The first-order valence-corrected chi connectivity index (χ1v) is 3.93. The Morgan fingerprint density at radius 3 is 2.10 bits per heavy atom. The maximum atomic E-state index is 10.6. The lowest BCUT2D eigenvalue weighted by atomic mass is 10.3. The largest absolute Gasteiger partial charge is 0.399 e. The fourth-order valence-corrected chi connectivity index (χ4v) is 1.01. The van der Waals surface area contributed by atoms with Gasteiger partial charge in [0.05, 0.1) is 4.90 Å². The molecule has 0 saturated carbocycles. The van der Waals surface area contributed by atoms with Crippen LogP contribution in [0.5, 0.6) is 0 Å². The summed E-state index contributed by atoms with van der Waals surface area (Å²) in [5.74, 6) is 0. The maximum Gasteiger partial charge on any atom is 0.122 e. The van der Waals surface area contributed by atoms with Gasteiger partial charge in [0.25, 0.3) is 0 Å². The Morgan fingerprint density at radius 2 is 1.70 bits per heavy atom. The van der Waals surface area contributed by atoms with Crippen molar-refractivity contribution in [3.63, 3.8) is 0 Å². The van der Waals surface area contributed by atoms with Crippen molar-refractivity contribution in [2.24, 2.45) is 5.14 Å². The highest BCUT2D eigenvalue weighted by Gasteiger charge is 1.94. The predicted molar refractivity (Wildman–Crippen MR) is 41.5 cm³/mol. The molecule has 0 fully saturated rings. The van der Waals surface area contributed by atoms with Crippen molar-refractivity contribution >= 4 is 16.7 Å². The van der Waals surface area contributed by atoms with E-state index in [1.165, 1.54) is 0 Å². The number of hydrogen-bond acceptors (Lipinski definition) is 2. The number of anilines is 1. The molecule has 0 aliphatic carbocycles. The van der Waals surface area contributed by atoms with E-state index in [4.69, 9.17) is 10.9 Å². The lowest BCUT2D eigenvalue weighted by Crippen LogP contribution is -2.02. The van der Waals surface area contributed by atoms with Gasteiger partial charge in [0, 0.05) is 5.69 Å². The van der Waals surface area contributed by atoms with Gasteiger partial charge in [-0.3, -0.25) is 0 Å². The van der Waals surface area contributed by atoms with Crippen molar-refractivity contribution in [3.05, 3.63) is 24.3 Å². The second-order valence-electron chi connectivity index (χ2n) is 1.87. The zero-order valence-corrected chi connectivity index (χ0v) is 6.10. The second-order valence-corrected chi connectivity index (χ2v) is 2.93. The monoisotopic (exact) mass is 156 g/mol. The van der Waals surface area contributed by atoms with Crippen LogP contribution >= 0.6 is 0 Å². The molecule has 0 aliphatic heterocycles. The smallest absolute Gasteiger partial charge is 0.122 e. The quantitative estimate of drug-likeness (QED) is 0.572. The summed E-state index contributed by atoms with van der Waals surface area (Å²) in [6.45, 7) is 0. The summed E-state index contributed by atoms with van der Waals surface area (Å²) < 4.78 is 10.6. The molecule has 0 amide bonds. The van der Waals surface area contributed by atoms with Crippen LogP contribution in [-0.4, -0.2) is 4.21 Å². The topological polar surface area (TPSA) is 69.1 Å². The molecule has 1 atom stereocenters. The van der Waals surface area contributed by atoms with Gasteiger partial charge in [-0.25, -0.2) is 9.35 Å². The van der Waals surface area contributed by atoms with E-state index in [2.05, 4.69) is 0 Å². The zero-order valence-electron chi connectivity index (χ0n) is 5.28. The SMILES string of the molecule is Nc1ccc(S(N)=O)cc1. The Hall–Kier alpha value is -0.870. The third kappa shape index (κ3) is 1.55. The van der Waals surface area contributed by atoms with Gasteiger partial charge >= 0.3 is 0 Å². The summed E-state index contributed by atoms with van der Waals surface area (Å²) in [6.07, 6.45) is 0. The third-order valence-electron chi connectivity index (χ3n) is 1.11. The van der Waals surface area contributed by atoms with Gasteiger partial charge in [-0.15, -0.1) is 0 Å². The van der Waals surface area contributed by atoms with E-state index >= 15 is 0 Å². The van der Waals surface area contributed by atoms with Crippen molar-refractivity contribution in [2.45, 2.75) is 4.90 Å². The lowest BCUT2D eigenvalue weighted by molar-refractivity contribution is 0.684. The van der Waals surface area contributed by atoms with Gasteiger partial charge in [0.2, 0.25) is 0 Å². The minimum atomic E-state index is -1.39. The average Bonchev–Trinajstić information content (AvgIpc) is 1.88. The van der Waals surface area contributed by atoms with E-state index in [-0.39, 0.29) is 0 Å². The van der Waals surface area contributed by atoms with Gasteiger partial charge in [0.1, 0.15) is 11.0 Å². The predicted octanol–water partition coefficient (Wildman–Crippen LogP) is 0.250. The van der Waals surface area contributed by atoms with Crippen molar-refractivity contribution in [1.82, 2.24) is 0 Å². The van der Waals surface area contributed by atoms with Crippen LogP contribution in [0.25, 0.3) is 0 Å². The van der Waals surface area contributed by atoms with Gasteiger partial charge in [-0.2, -0.15) is 0 Å². The van der Waals surface area contributed by atoms with Gasteiger partial charge in [-0.1, -0.05) is 0 Å². The molecule has 1 aromatic carbocycles. The van der Waals surface area contributed by atoms with E-state index in [9.17, 15) is 4.21 Å². The van der Waals surface area contributed by atoms with Gasteiger partial charge in [-0.05, 0) is 24.3 Å². The first-order valence-electron chi connectivity index (χ1n) is 2.72. The zero-order chi connectivity index (χ0) is 7.56. The van der Waals surface area contributed by atoms with E-state index in [1.807, 2.05) is 0 Å². The fraction of sp³-hybridized carbons (Fsp3) is 0. The first-order chi connectivity index (χ1) is 4.70. The number of nitrogens with two attached hydrogens (primary N) is 2. The van der Waals surface area contributed by atoms with Crippen LogP contribution < -0.4 is 10.9 Å². The number of nitrogen functional groups attached to an aromatic ring is 1. The average molecular weight is 156 g/mol. The number of benzene rings is 1. The molecule has 0 radical (unpaired) electrons. The highest BCUT2D eigenvalue weighted by Crippen LogP contribution is 2.06. The Morgan fingerprint density at radius 1 is 1.20 bits per heavy atom. The van der Waals surface area contributed by atoms with Crippen molar-refractivity contribution in [2.75, 3.05) is 5.73 Å². The normalized spacial score (nSPS) is 12.9. The van der Waals surface area contributed by atoms with E-state index < -0.39 is 11.0 Å². The Labute approximate surface area is 61.6 Å². The summed E-state index contributed by atoms with van der Waals surface area (Å²) >= 11 is 0. The molecular weight excluding hydrogens is 148 g/mol. The molecule has 0 aromatic heterocycles. The van der Waals surface area contributed by atoms with Crippen molar-refractivity contribution in [3.8, 4) is 0 Å². The summed E-state index contributed by atoms with van der Waals surface area (Å²) in [6, 6.07) is 6.62. The van der Waals surface area contributed by atoms with Crippen LogP contribution in [0, 0.1) is 0 Å². The van der Waals surface area contributed by atoms with E-state index in [0.29, 0.717) is 10.6 Å². The Kier molecular flexibility index (Phi) is 2.03. The molecule has 1 aromatic rings. The van der Waals surface area contributed by atoms with Crippen molar-refractivity contribution < 1.29 is 4.21 Å². The van der Waals surface area contributed by atoms with Gasteiger partial charge in [0.15, 0.2) is 0 Å². The van der Waals surface area contributed by atoms with Crippen LogP contribution in [-0.2, 0) is 11.0 Å². The molecule has 4 N–H and O–H groups in total. The molecule has 3 nitrogen and oxygen atoms in total. The highest BCUT2D eigenvalue weighted by molar-refractivity contribution is 7.82. The molecule has 0 bridgehead atoms. The maximum absolute atomic E-state index is 10.6. The molecule has 0 saturated heterocycles. The van der Waals surface area contributed by atoms with Crippen molar-refractivity contribution in [1.29, 1.82) is 0 Å². The number of hydrogen-bond donors (Lipinski definition) is 2. The number of rotatable bonds is 1. The molecule has 0 spiro atoms. The summed E-state index contributed by atoms with van der Waals surface area (Å²) in [5.41, 5.74) is 6.03. The standard InChI is InChI=1S/C6H8N2OS/c7-5-1-3-6(4-2-5)10(8)9/h1-4H,7-8H2.